The van der Waals surface area contributed by atoms with Crippen molar-refractivity contribution in [3.63, 3.8) is 0 Å². The zero-order valence-corrected chi connectivity index (χ0v) is 11.4. The molecule has 3 heteroatoms. The molecule has 100 valence electrons. The van der Waals surface area contributed by atoms with Gasteiger partial charge in [0.25, 0.3) is 0 Å². The number of benzene rings is 1. The Morgan fingerprint density at radius 2 is 1.94 bits per heavy atom. The lowest BCUT2D eigenvalue weighted by atomic mass is 10.0. The molecule has 0 fully saturated rings. The number of unbranched alkanes of at least 4 members (excludes halogenated alkanes) is 3. The van der Waals surface area contributed by atoms with Crippen LogP contribution >= 0.6 is 0 Å². The predicted octanol–water partition coefficient (Wildman–Crippen LogP) is 3.10. The summed E-state index contributed by atoms with van der Waals surface area (Å²) in [7, 11) is 1.60. The van der Waals surface area contributed by atoms with E-state index in [4.69, 9.17) is 10.5 Å². The summed E-state index contributed by atoms with van der Waals surface area (Å²) in [5.41, 5.74) is 7.22. The highest BCUT2D eigenvalue weighted by molar-refractivity contribution is 5.98. The number of hydrogen-bond acceptors (Lipinski definition) is 3. The highest BCUT2D eigenvalue weighted by Crippen LogP contribution is 2.22. The van der Waals surface area contributed by atoms with E-state index in [0.717, 1.165) is 37.8 Å². The first-order valence-electron chi connectivity index (χ1n) is 6.57. The second-order valence-corrected chi connectivity index (χ2v) is 4.58. The zero-order valence-electron chi connectivity index (χ0n) is 11.4. The molecule has 0 aliphatic heterocycles. The van der Waals surface area contributed by atoms with Crippen LogP contribution in [0, 0.1) is 6.92 Å². The van der Waals surface area contributed by atoms with Gasteiger partial charge in [-0.25, -0.2) is 0 Å². The summed E-state index contributed by atoms with van der Waals surface area (Å²) in [5, 5.41) is 0. The molecule has 18 heavy (non-hydrogen) atoms. The number of rotatable bonds is 8. The number of Topliss-reactive ketones (excluding diaryl/α,β-unsaturated/α-hetero) is 1. The van der Waals surface area contributed by atoms with Crippen molar-refractivity contribution >= 4 is 5.78 Å². The van der Waals surface area contributed by atoms with Gasteiger partial charge >= 0.3 is 0 Å². The van der Waals surface area contributed by atoms with Crippen LogP contribution in [0.1, 0.15) is 48.0 Å². The smallest absolute Gasteiger partial charge is 0.166 e. The number of hydrogen-bond donors (Lipinski definition) is 1. The van der Waals surface area contributed by atoms with Crippen molar-refractivity contribution in [3.8, 4) is 5.75 Å². The number of ketones is 1. The highest BCUT2D eigenvalue weighted by Gasteiger charge is 2.11. The van der Waals surface area contributed by atoms with E-state index in [-0.39, 0.29) is 5.78 Å². The van der Waals surface area contributed by atoms with Crippen LogP contribution in [-0.2, 0) is 0 Å². The Balaban J connectivity index is 2.52. The molecular formula is C15H23NO2. The Hall–Kier alpha value is -1.35. The zero-order chi connectivity index (χ0) is 13.4. The third-order valence-corrected chi connectivity index (χ3v) is 3.01. The molecule has 0 atom stereocenters. The number of carbonyl (C=O) groups is 1. The monoisotopic (exact) mass is 249 g/mol. The molecule has 2 N–H and O–H groups in total. The average Bonchev–Trinajstić information content (AvgIpc) is 2.38. The molecule has 0 unspecified atom stereocenters. The van der Waals surface area contributed by atoms with Crippen LogP contribution in [0.4, 0.5) is 0 Å². The largest absolute Gasteiger partial charge is 0.496 e. The Morgan fingerprint density at radius 1 is 1.22 bits per heavy atom. The second kappa shape index (κ2) is 7.88. The van der Waals surface area contributed by atoms with E-state index in [1.807, 2.05) is 25.1 Å². The van der Waals surface area contributed by atoms with E-state index >= 15 is 0 Å². The van der Waals surface area contributed by atoms with Gasteiger partial charge in [-0.1, -0.05) is 24.5 Å². The first-order valence-corrected chi connectivity index (χ1v) is 6.57. The highest BCUT2D eigenvalue weighted by atomic mass is 16.5. The Bertz CT molecular complexity index is 388. The molecule has 0 saturated carbocycles. The topological polar surface area (TPSA) is 52.3 Å². The first-order chi connectivity index (χ1) is 8.69. The summed E-state index contributed by atoms with van der Waals surface area (Å²) in [6.07, 6.45) is 4.73. The number of aryl methyl sites for hydroxylation is 1. The lowest BCUT2D eigenvalue weighted by molar-refractivity contribution is 0.0976. The molecular weight excluding hydrogens is 226 g/mol. The standard InChI is InChI=1S/C15H23NO2/c1-12-8-9-15(18-2)13(11-12)14(17)7-5-3-4-6-10-16/h8-9,11H,3-7,10,16H2,1-2H3. The van der Waals surface area contributed by atoms with Crippen molar-refractivity contribution in [1.29, 1.82) is 0 Å². The van der Waals surface area contributed by atoms with E-state index in [2.05, 4.69) is 0 Å². The van der Waals surface area contributed by atoms with Gasteiger partial charge < -0.3 is 10.5 Å². The van der Waals surface area contributed by atoms with Crippen molar-refractivity contribution in [2.75, 3.05) is 13.7 Å². The first kappa shape index (κ1) is 14.7. The lowest BCUT2D eigenvalue weighted by Crippen LogP contribution is -2.03. The molecule has 1 rings (SSSR count). The van der Waals surface area contributed by atoms with Crippen molar-refractivity contribution in [2.45, 2.75) is 39.0 Å². The normalized spacial score (nSPS) is 10.4. The fraction of sp³-hybridized carbons (Fsp3) is 0.533. The predicted molar refractivity (Wildman–Crippen MR) is 74.2 cm³/mol. The van der Waals surface area contributed by atoms with Gasteiger partial charge in [-0.15, -0.1) is 0 Å². The van der Waals surface area contributed by atoms with Gasteiger partial charge in [0.05, 0.1) is 12.7 Å². The summed E-state index contributed by atoms with van der Waals surface area (Å²) in [4.78, 5) is 12.1. The number of methoxy groups -OCH3 is 1. The Kier molecular flexibility index (Phi) is 6.44. The van der Waals surface area contributed by atoms with Crippen LogP contribution in [0.25, 0.3) is 0 Å². The second-order valence-electron chi connectivity index (χ2n) is 4.58. The molecule has 0 radical (unpaired) electrons. The van der Waals surface area contributed by atoms with Crippen molar-refractivity contribution in [1.82, 2.24) is 0 Å². The quantitative estimate of drug-likeness (QED) is 0.569. The summed E-state index contributed by atoms with van der Waals surface area (Å²) in [5.74, 6) is 0.843. The Morgan fingerprint density at radius 3 is 2.61 bits per heavy atom. The number of carbonyl (C=O) groups excluding carboxylic acids is 1. The SMILES string of the molecule is COc1ccc(C)cc1C(=O)CCCCCCN. The third kappa shape index (κ3) is 4.49. The summed E-state index contributed by atoms with van der Waals surface area (Å²) in [6.45, 7) is 2.72. The maximum atomic E-state index is 12.1. The summed E-state index contributed by atoms with van der Waals surface area (Å²) >= 11 is 0. The van der Waals surface area contributed by atoms with Gasteiger partial charge in [0.2, 0.25) is 0 Å². The number of ether oxygens (including phenoxy) is 1. The van der Waals surface area contributed by atoms with Crippen molar-refractivity contribution < 1.29 is 9.53 Å². The van der Waals surface area contributed by atoms with Gasteiger partial charge in [0, 0.05) is 6.42 Å². The summed E-state index contributed by atoms with van der Waals surface area (Å²) in [6, 6.07) is 5.72. The average molecular weight is 249 g/mol. The van der Waals surface area contributed by atoms with Crippen LogP contribution in [0.5, 0.6) is 5.75 Å². The van der Waals surface area contributed by atoms with Gasteiger partial charge in [0.1, 0.15) is 5.75 Å². The molecule has 1 aromatic carbocycles. The van der Waals surface area contributed by atoms with Gasteiger partial charge in [-0.2, -0.15) is 0 Å². The molecule has 1 aromatic rings. The molecule has 0 heterocycles. The van der Waals surface area contributed by atoms with E-state index in [1.54, 1.807) is 7.11 Å². The number of nitrogens with two attached hydrogens (primary N) is 1. The fourth-order valence-corrected chi connectivity index (χ4v) is 1.96. The minimum Gasteiger partial charge on any atom is -0.496 e. The van der Waals surface area contributed by atoms with Crippen LogP contribution in [0.3, 0.4) is 0 Å². The van der Waals surface area contributed by atoms with E-state index in [0.29, 0.717) is 17.7 Å². The van der Waals surface area contributed by atoms with E-state index in [1.165, 1.54) is 0 Å². The van der Waals surface area contributed by atoms with E-state index < -0.39 is 0 Å². The van der Waals surface area contributed by atoms with Crippen molar-refractivity contribution in [2.24, 2.45) is 5.73 Å². The van der Waals surface area contributed by atoms with Crippen LogP contribution in [0.15, 0.2) is 18.2 Å². The van der Waals surface area contributed by atoms with Crippen LogP contribution < -0.4 is 10.5 Å². The van der Waals surface area contributed by atoms with Crippen molar-refractivity contribution in [3.05, 3.63) is 29.3 Å². The third-order valence-electron chi connectivity index (χ3n) is 3.01. The molecule has 0 aliphatic carbocycles. The lowest BCUT2D eigenvalue weighted by Gasteiger charge is -2.08. The minimum absolute atomic E-state index is 0.170. The maximum absolute atomic E-state index is 12.1. The van der Waals surface area contributed by atoms with Gasteiger partial charge in [0.15, 0.2) is 5.78 Å². The molecule has 0 bridgehead atoms. The van der Waals surface area contributed by atoms with Gasteiger partial charge in [-0.05, 0) is 38.4 Å². The summed E-state index contributed by atoms with van der Waals surface area (Å²) < 4.78 is 5.23. The molecule has 0 saturated heterocycles. The van der Waals surface area contributed by atoms with Crippen LogP contribution in [-0.4, -0.2) is 19.4 Å². The van der Waals surface area contributed by atoms with Gasteiger partial charge in [-0.3, -0.25) is 4.79 Å². The molecule has 3 nitrogen and oxygen atoms in total. The molecule has 0 aliphatic rings. The van der Waals surface area contributed by atoms with E-state index in [9.17, 15) is 4.79 Å². The Labute approximate surface area is 109 Å². The molecule has 0 amide bonds. The maximum Gasteiger partial charge on any atom is 0.166 e. The fourth-order valence-electron chi connectivity index (χ4n) is 1.96. The minimum atomic E-state index is 0.170. The van der Waals surface area contributed by atoms with Crippen LogP contribution in [0.2, 0.25) is 0 Å². The molecule has 0 spiro atoms. The molecule has 0 aromatic heterocycles.